The van der Waals surface area contributed by atoms with Crippen molar-refractivity contribution in [3.8, 4) is 0 Å². The minimum absolute atomic E-state index is 0.187. The minimum Gasteiger partial charge on any atom is -0.388 e. The van der Waals surface area contributed by atoms with Gasteiger partial charge in [0, 0.05) is 23.7 Å². The summed E-state index contributed by atoms with van der Waals surface area (Å²) >= 11 is 0. The third-order valence-electron chi connectivity index (χ3n) is 4.67. The number of benzene rings is 1. The highest BCUT2D eigenvalue weighted by molar-refractivity contribution is 5.96. The molecule has 1 atom stereocenters. The number of aliphatic hydroxyl groups is 1. The number of carbonyl (C=O) groups is 1. The fourth-order valence-corrected chi connectivity index (χ4v) is 3.53. The lowest BCUT2D eigenvalue weighted by Gasteiger charge is -2.29. The molecule has 3 nitrogen and oxygen atoms in total. The molecule has 1 N–H and O–H groups in total. The van der Waals surface area contributed by atoms with E-state index < -0.39 is 6.10 Å². The largest absolute Gasteiger partial charge is 0.388 e. The third kappa shape index (κ3) is 2.59. The van der Waals surface area contributed by atoms with Crippen molar-refractivity contribution in [2.45, 2.75) is 51.0 Å². The predicted molar refractivity (Wildman–Crippen MR) is 79.6 cm³/mol. The van der Waals surface area contributed by atoms with Gasteiger partial charge in [0.1, 0.15) is 0 Å². The lowest BCUT2D eigenvalue weighted by Crippen LogP contribution is -2.37. The van der Waals surface area contributed by atoms with E-state index in [1.54, 1.807) is 0 Å². The average Bonchev–Trinajstić information content (AvgIpc) is 2.67. The molecule has 0 bridgehead atoms. The minimum atomic E-state index is -0.435. The Morgan fingerprint density at radius 3 is 2.60 bits per heavy atom. The van der Waals surface area contributed by atoms with Crippen LogP contribution < -0.4 is 4.90 Å². The van der Waals surface area contributed by atoms with Crippen LogP contribution in [0.15, 0.2) is 24.3 Å². The Bertz CT molecular complexity index is 480. The van der Waals surface area contributed by atoms with E-state index in [9.17, 15) is 9.90 Å². The van der Waals surface area contributed by atoms with Gasteiger partial charge in [-0.15, -0.1) is 0 Å². The molecule has 1 aromatic carbocycles. The van der Waals surface area contributed by atoms with Crippen LogP contribution in [0.5, 0.6) is 0 Å². The van der Waals surface area contributed by atoms with Crippen molar-refractivity contribution in [2.75, 3.05) is 11.4 Å². The van der Waals surface area contributed by atoms with Gasteiger partial charge in [0.15, 0.2) is 0 Å². The van der Waals surface area contributed by atoms with E-state index >= 15 is 0 Å². The van der Waals surface area contributed by atoms with Gasteiger partial charge >= 0.3 is 0 Å². The molecule has 1 unspecified atom stereocenters. The van der Waals surface area contributed by atoms with Crippen LogP contribution >= 0.6 is 0 Å². The maximum Gasteiger partial charge on any atom is 0.230 e. The van der Waals surface area contributed by atoms with Crippen LogP contribution in [0.3, 0.4) is 0 Å². The van der Waals surface area contributed by atoms with Crippen LogP contribution in [0.1, 0.15) is 56.6 Å². The molecule has 1 fully saturated rings. The van der Waals surface area contributed by atoms with Gasteiger partial charge in [-0.1, -0.05) is 37.5 Å². The summed E-state index contributed by atoms with van der Waals surface area (Å²) < 4.78 is 0. The molecule has 0 radical (unpaired) electrons. The summed E-state index contributed by atoms with van der Waals surface area (Å²) in [4.78, 5) is 14.8. The van der Waals surface area contributed by atoms with Gasteiger partial charge in [-0.3, -0.25) is 4.79 Å². The molecule has 1 aromatic rings. The van der Waals surface area contributed by atoms with Gasteiger partial charge in [0.25, 0.3) is 0 Å². The summed E-state index contributed by atoms with van der Waals surface area (Å²) in [7, 11) is 0. The summed E-state index contributed by atoms with van der Waals surface area (Å²) in [6.07, 6.45) is 6.84. The SMILES string of the molecule is O=C(C1CCCCC1)N1CCCC(O)c2ccccc21. The number of anilines is 1. The zero-order chi connectivity index (χ0) is 13.9. The molecular formula is C17H23NO2. The molecule has 1 aliphatic heterocycles. The first-order valence-corrected chi connectivity index (χ1v) is 7.86. The Balaban J connectivity index is 1.88. The van der Waals surface area contributed by atoms with Gasteiger partial charge < -0.3 is 10.0 Å². The molecule has 0 saturated heterocycles. The Kier molecular flexibility index (Phi) is 4.06. The van der Waals surface area contributed by atoms with Crippen molar-refractivity contribution >= 4 is 11.6 Å². The molecule has 2 aliphatic rings. The smallest absolute Gasteiger partial charge is 0.230 e. The molecular weight excluding hydrogens is 250 g/mol. The maximum absolute atomic E-state index is 12.8. The van der Waals surface area contributed by atoms with Gasteiger partial charge in [-0.05, 0) is 31.7 Å². The number of aliphatic hydroxyl groups excluding tert-OH is 1. The Labute approximate surface area is 120 Å². The Morgan fingerprint density at radius 1 is 1.05 bits per heavy atom. The lowest BCUT2D eigenvalue weighted by molar-refractivity contribution is -0.123. The van der Waals surface area contributed by atoms with Crippen molar-refractivity contribution < 1.29 is 9.90 Å². The zero-order valence-electron chi connectivity index (χ0n) is 11.9. The van der Waals surface area contributed by atoms with Crippen LogP contribution in [-0.2, 0) is 4.79 Å². The van der Waals surface area contributed by atoms with E-state index in [1.165, 1.54) is 19.3 Å². The molecule has 1 saturated carbocycles. The number of carbonyl (C=O) groups excluding carboxylic acids is 1. The summed E-state index contributed by atoms with van der Waals surface area (Å²) in [6.45, 7) is 0.739. The first-order chi connectivity index (χ1) is 9.77. The molecule has 1 aliphatic carbocycles. The predicted octanol–water partition coefficient (Wildman–Crippen LogP) is 3.43. The van der Waals surface area contributed by atoms with Crippen LogP contribution in [0.4, 0.5) is 5.69 Å². The number of amides is 1. The second-order valence-corrected chi connectivity index (χ2v) is 6.04. The topological polar surface area (TPSA) is 40.5 Å². The maximum atomic E-state index is 12.8. The molecule has 3 heteroatoms. The van der Waals surface area contributed by atoms with E-state index in [1.807, 2.05) is 29.2 Å². The Hall–Kier alpha value is -1.35. The second-order valence-electron chi connectivity index (χ2n) is 6.04. The van der Waals surface area contributed by atoms with Gasteiger partial charge in [-0.2, -0.15) is 0 Å². The van der Waals surface area contributed by atoms with Crippen molar-refractivity contribution in [3.63, 3.8) is 0 Å². The lowest BCUT2D eigenvalue weighted by atomic mass is 9.88. The van der Waals surface area contributed by atoms with Crippen molar-refractivity contribution in [1.82, 2.24) is 0 Å². The van der Waals surface area contributed by atoms with Crippen LogP contribution in [0.25, 0.3) is 0 Å². The molecule has 1 heterocycles. The fourth-order valence-electron chi connectivity index (χ4n) is 3.53. The van der Waals surface area contributed by atoms with Crippen molar-refractivity contribution in [1.29, 1.82) is 0 Å². The third-order valence-corrected chi connectivity index (χ3v) is 4.67. The van der Waals surface area contributed by atoms with Crippen LogP contribution in [-0.4, -0.2) is 17.6 Å². The standard InChI is InChI=1S/C17H23NO2/c19-16-11-6-12-18(15-10-5-4-9-14(15)16)17(20)13-7-2-1-3-8-13/h4-5,9-10,13,16,19H,1-3,6-8,11-12H2. The number of rotatable bonds is 1. The highest BCUT2D eigenvalue weighted by atomic mass is 16.3. The van der Waals surface area contributed by atoms with E-state index in [0.29, 0.717) is 0 Å². The summed E-state index contributed by atoms with van der Waals surface area (Å²) in [5, 5.41) is 10.2. The van der Waals surface area contributed by atoms with E-state index in [0.717, 1.165) is 43.5 Å². The summed E-state index contributed by atoms with van der Waals surface area (Å²) in [6, 6.07) is 7.83. The molecule has 3 rings (SSSR count). The number of fused-ring (bicyclic) bond motifs is 1. The number of hydrogen-bond acceptors (Lipinski definition) is 2. The summed E-state index contributed by atoms with van der Waals surface area (Å²) in [5.74, 6) is 0.457. The first-order valence-electron chi connectivity index (χ1n) is 7.86. The van der Waals surface area contributed by atoms with Crippen LogP contribution in [0.2, 0.25) is 0 Å². The van der Waals surface area contributed by atoms with E-state index in [2.05, 4.69) is 0 Å². The first kappa shape index (κ1) is 13.6. The monoisotopic (exact) mass is 273 g/mol. The number of nitrogens with zero attached hydrogens (tertiary/aromatic N) is 1. The highest BCUT2D eigenvalue weighted by Crippen LogP contribution is 2.35. The van der Waals surface area contributed by atoms with E-state index in [4.69, 9.17) is 0 Å². The van der Waals surface area contributed by atoms with Gasteiger partial charge in [-0.25, -0.2) is 0 Å². The van der Waals surface area contributed by atoms with Crippen molar-refractivity contribution in [3.05, 3.63) is 29.8 Å². The Morgan fingerprint density at radius 2 is 1.80 bits per heavy atom. The average molecular weight is 273 g/mol. The van der Waals surface area contributed by atoms with Crippen molar-refractivity contribution in [2.24, 2.45) is 5.92 Å². The van der Waals surface area contributed by atoms with Gasteiger partial charge in [0.05, 0.1) is 6.10 Å². The number of hydrogen-bond donors (Lipinski definition) is 1. The second kappa shape index (κ2) is 5.96. The molecule has 1 amide bonds. The fraction of sp³-hybridized carbons (Fsp3) is 0.588. The van der Waals surface area contributed by atoms with Crippen LogP contribution in [0, 0.1) is 5.92 Å². The molecule has 108 valence electrons. The van der Waals surface area contributed by atoms with Gasteiger partial charge in [0.2, 0.25) is 5.91 Å². The quantitative estimate of drug-likeness (QED) is 0.851. The highest BCUT2D eigenvalue weighted by Gasteiger charge is 2.30. The molecule has 0 aromatic heterocycles. The van der Waals surface area contributed by atoms with E-state index in [-0.39, 0.29) is 11.8 Å². The number of para-hydroxylation sites is 1. The zero-order valence-corrected chi connectivity index (χ0v) is 11.9. The molecule has 0 spiro atoms. The normalized spacial score (nSPS) is 24.1. The summed E-state index contributed by atoms with van der Waals surface area (Å²) in [5.41, 5.74) is 1.84. The molecule has 20 heavy (non-hydrogen) atoms.